The third kappa shape index (κ3) is 4.86. The molecule has 1 fully saturated rings. The van der Waals surface area contributed by atoms with E-state index in [1.807, 2.05) is 29.0 Å². The monoisotopic (exact) mass is 522 g/mol. The molecule has 2 heterocycles. The fourth-order valence-electron chi connectivity index (χ4n) is 5.90. The highest BCUT2D eigenvalue weighted by Gasteiger charge is 2.32. The molecule has 2 aliphatic heterocycles. The van der Waals surface area contributed by atoms with E-state index in [1.165, 1.54) is 45.4 Å². The van der Waals surface area contributed by atoms with Crippen molar-refractivity contribution in [1.82, 2.24) is 4.31 Å². The summed E-state index contributed by atoms with van der Waals surface area (Å²) >= 11 is 1.86. The van der Waals surface area contributed by atoms with E-state index in [0.717, 1.165) is 36.1 Å². The molecule has 4 aromatic carbocycles. The Morgan fingerprint density at radius 2 is 1.71 bits per heavy atom. The van der Waals surface area contributed by atoms with Gasteiger partial charge in [-0.25, -0.2) is 4.31 Å². The number of aryl methyl sites for hydroxylation is 1. The highest BCUT2D eigenvalue weighted by atomic mass is 32.2. The van der Waals surface area contributed by atoms with Crippen LogP contribution in [0.2, 0.25) is 0 Å². The van der Waals surface area contributed by atoms with Crippen molar-refractivity contribution in [3.63, 3.8) is 0 Å². The molecule has 4 nitrogen and oxygen atoms in total. The lowest BCUT2D eigenvalue weighted by Crippen LogP contribution is -2.29. The summed E-state index contributed by atoms with van der Waals surface area (Å²) in [4.78, 5) is 16.4. The Hall–Kier alpha value is -3.12. The number of amides is 1. The third-order valence-corrected chi connectivity index (χ3v) is 8.92. The molecule has 0 spiro atoms. The number of ether oxygens (including phenoxy) is 1. The van der Waals surface area contributed by atoms with Gasteiger partial charge < -0.3 is 9.64 Å². The molecule has 0 saturated carbocycles. The molecule has 0 N–H and O–H groups in total. The molecule has 38 heavy (non-hydrogen) atoms. The van der Waals surface area contributed by atoms with Crippen molar-refractivity contribution in [1.29, 1.82) is 0 Å². The van der Waals surface area contributed by atoms with E-state index >= 15 is 0 Å². The van der Waals surface area contributed by atoms with Crippen LogP contribution in [0.1, 0.15) is 46.7 Å². The van der Waals surface area contributed by atoms with Crippen LogP contribution in [-0.2, 0) is 4.74 Å². The van der Waals surface area contributed by atoms with Crippen molar-refractivity contribution >= 4 is 34.3 Å². The summed E-state index contributed by atoms with van der Waals surface area (Å²) < 4.78 is 7.74. The van der Waals surface area contributed by atoms with Gasteiger partial charge in [0.1, 0.15) is 0 Å². The van der Waals surface area contributed by atoms with E-state index in [1.54, 1.807) is 7.11 Å². The van der Waals surface area contributed by atoms with E-state index in [0.29, 0.717) is 19.1 Å². The van der Waals surface area contributed by atoms with E-state index in [9.17, 15) is 4.79 Å². The highest BCUT2D eigenvalue weighted by Crippen LogP contribution is 2.43. The summed E-state index contributed by atoms with van der Waals surface area (Å²) in [6, 6.07) is 28.4. The van der Waals surface area contributed by atoms with Gasteiger partial charge in [-0.15, -0.1) is 0 Å². The fourth-order valence-corrected chi connectivity index (χ4v) is 6.93. The molecule has 2 aliphatic rings. The molecule has 1 atom stereocenters. The van der Waals surface area contributed by atoms with E-state index in [2.05, 4.69) is 78.0 Å². The molecule has 0 aromatic heterocycles. The quantitative estimate of drug-likeness (QED) is 0.175. The number of hydrogen-bond acceptors (Lipinski definition) is 4. The zero-order valence-corrected chi connectivity index (χ0v) is 23.0. The zero-order valence-electron chi connectivity index (χ0n) is 22.2. The Bertz CT molecular complexity index is 1450. The predicted octanol–water partition coefficient (Wildman–Crippen LogP) is 7.70. The van der Waals surface area contributed by atoms with Crippen molar-refractivity contribution in [3.05, 3.63) is 95.6 Å². The van der Waals surface area contributed by atoms with Crippen LogP contribution in [0.3, 0.4) is 0 Å². The van der Waals surface area contributed by atoms with E-state index in [-0.39, 0.29) is 5.91 Å². The minimum absolute atomic E-state index is 0.119. The van der Waals surface area contributed by atoms with Crippen LogP contribution in [0, 0.1) is 6.92 Å². The SMILES string of the molecule is COCCCN1C(=O)c2cccc3c(C4CCCN(Sc5ccc(-c6ccc(C)cc6)cc5)C4)ccc1c23. The molecule has 1 amide bonds. The van der Waals surface area contributed by atoms with Crippen LogP contribution in [-0.4, -0.2) is 43.6 Å². The summed E-state index contributed by atoms with van der Waals surface area (Å²) in [7, 11) is 1.71. The van der Waals surface area contributed by atoms with Gasteiger partial charge >= 0.3 is 0 Å². The molecule has 0 radical (unpaired) electrons. The van der Waals surface area contributed by atoms with Crippen LogP contribution < -0.4 is 4.90 Å². The Morgan fingerprint density at radius 1 is 0.947 bits per heavy atom. The van der Waals surface area contributed by atoms with Gasteiger partial charge in [-0.1, -0.05) is 60.2 Å². The molecule has 1 unspecified atom stereocenters. The first-order chi connectivity index (χ1) is 18.6. The topological polar surface area (TPSA) is 32.8 Å². The maximum absolute atomic E-state index is 13.2. The first-order valence-corrected chi connectivity index (χ1v) is 14.4. The van der Waals surface area contributed by atoms with Crippen molar-refractivity contribution in [2.75, 3.05) is 38.3 Å². The Labute approximate surface area is 229 Å². The fraction of sp³-hybridized carbons (Fsp3) is 0.303. The molecule has 4 aromatic rings. The largest absolute Gasteiger partial charge is 0.385 e. The summed E-state index contributed by atoms with van der Waals surface area (Å²) in [6.45, 7) is 5.57. The molecule has 0 bridgehead atoms. The first kappa shape index (κ1) is 25.2. The Morgan fingerprint density at radius 3 is 2.47 bits per heavy atom. The third-order valence-electron chi connectivity index (χ3n) is 7.85. The minimum Gasteiger partial charge on any atom is -0.385 e. The maximum Gasteiger partial charge on any atom is 0.258 e. The average Bonchev–Trinajstić information content (AvgIpc) is 3.22. The first-order valence-electron chi connectivity index (χ1n) is 13.6. The number of nitrogens with zero attached hydrogens (tertiary/aromatic N) is 2. The molecule has 5 heteroatoms. The summed E-state index contributed by atoms with van der Waals surface area (Å²) in [5.41, 5.74) is 7.06. The maximum atomic E-state index is 13.2. The molecule has 0 aliphatic carbocycles. The van der Waals surface area contributed by atoms with Crippen LogP contribution in [0.15, 0.2) is 83.8 Å². The van der Waals surface area contributed by atoms with Gasteiger partial charge in [0.15, 0.2) is 0 Å². The van der Waals surface area contributed by atoms with Gasteiger partial charge in [0.05, 0.1) is 5.69 Å². The second-order valence-corrected chi connectivity index (χ2v) is 11.6. The number of benzene rings is 4. The van der Waals surface area contributed by atoms with Crippen molar-refractivity contribution in [2.45, 2.75) is 37.0 Å². The van der Waals surface area contributed by atoms with Gasteiger partial charge in [-0.05, 0) is 90.4 Å². The number of piperidine rings is 1. The van der Waals surface area contributed by atoms with Gasteiger partial charge in [-0.2, -0.15) is 0 Å². The van der Waals surface area contributed by atoms with Crippen LogP contribution in [0.5, 0.6) is 0 Å². The van der Waals surface area contributed by atoms with Gasteiger partial charge in [-0.3, -0.25) is 4.79 Å². The summed E-state index contributed by atoms with van der Waals surface area (Å²) in [5, 5.41) is 2.37. The van der Waals surface area contributed by atoms with Crippen molar-refractivity contribution in [3.8, 4) is 11.1 Å². The van der Waals surface area contributed by atoms with Crippen molar-refractivity contribution in [2.24, 2.45) is 0 Å². The lowest BCUT2D eigenvalue weighted by atomic mass is 9.87. The lowest BCUT2D eigenvalue weighted by molar-refractivity contribution is 0.0990. The Balaban J connectivity index is 1.20. The normalized spacial score (nSPS) is 17.5. The second kappa shape index (κ2) is 10.9. The van der Waals surface area contributed by atoms with Gasteiger partial charge in [0.25, 0.3) is 5.91 Å². The number of carbonyl (C=O) groups excluding carboxylic acids is 1. The smallest absolute Gasteiger partial charge is 0.258 e. The molecular formula is C33H34N2O2S. The number of carbonyl (C=O) groups is 1. The summed E-state index contributed by atoms with van der Waals surface area (Å²) in [5.74, 6) is 0.568. The number of anilines is 1. The zero-order chi connectivity index (χ0) is 26.1. The van der Waals surface area contributed by atoms with Crippen LogP contribution >= 0.6 is 11.9 Å². The average molecular weight is 523 g/mol. The van der Waals surface area contributed by atoms with Crippen LogP contribution in [0.4, 0.5) is 5.69 Å². The number of methoxy groups -OCH3 is 1. The van der Waals surface area contributed by atoms with E-state index in [4.69, 9.17) is 4.74 Å². The second-order valence-electron chi connectivity index (χ2n) is 10.4. The summed E-state index contributed by atoms with van der Waals surface area (Å²) in [6.07, 6.45) is 3.18. The minimum atomic E-state index is 0.119. The van der Waals surface area contributed by atoms with Crippen molar-refractivity contribution < 1.29 is 9.53 Å². The highest BCUT2D eigenvalue weighted by molar-refractivity contribution is 7.97. The number of rotatable bonds is 8. The Kier molecular flexibility index (Phi) is 7.24. The van der Waals surface area contributed by atoms with Crippen LogP contribution in [0.25, 0.3) is 21.9 Å². The molecule has 194 valence electrons. The standard InChI is InChI=1S/C33H34N2O2S/c1-23-9-11-24(12-10-23)25-13-15-27(16-14-25)38-34-19-4-6-26(22-34)28-17-18-31-32-29(28)7-3-8-30(32)33(36)35(31)20-5-21-37-2/h3,7-18,26H,4-6,19-22H2,1-2H3. The molecule has 1 saturated heterocycles. The molecule has 6 rings (SSSR count). The van der Waals surface area contributed by atoms with Gasteiger partial charge in [0.2, 0.25) is 0 Å². The van der Waals surface area contributed by atoms with Gasteiger partial charge in [0, 0.05) is 49.2 Å². The van der Waals surface area contributed by atoms with E-state index < -0.39 is 0 Å². The number of hydrogen-bond donors (Lipinski definition) is 0. The molecular weight excluding hydrogens is 488 g/mol. The lowest BCUT2D eigenvalue weighted by Gasteiger charge is -2.32. The predicted molar refractivity (Wildman–Crippen MR) is 158 cm³/mol.